The van der Waals surface area contributed by atoms with Gasteiger partial charge in [0.05, 0.1) is 0 Å². The predicted octanol–water partition coefficient (Wildman–Crippen LogP) is 5.25. The molecule has 1 atom stereocenters. The molecule has 1 saturated heterocycles. The highest BCUT2D eigenvalue weighted by Crippen LogP contribution is 2.13. The second kappa shape index (κ2) is 16.1. The van der Waals surface area contributed by atoms with Crippen LogP contribution in [-0.4, -0.2) is 24.4 Å². The van der Waals surface area contributed by atoms with Crippen molar-refractivity contribution in [2.45, 2.75) is 122 Å². The molecule has 152 valence electrons. The van der Waals surface area contributed by atoms with Crippen LogP contribution in [-0.2, 0) is 9.59 Å². The lowest BCUT2D eigenvalue weighted by molar-refractivity contribution is -0.123. The van der Waals surface area contributed by atoms with Crippen LogP contribution in [0.25, 0.3) is 0 Å². The molecule has 0 bridgehead atoms. The highest BCUT2D eigenvalue weighted by Gasteiger charge is 2.18. The van der Waals surface area contributed by atoms with Crippen LogP contribution in [0.4, 0.5) is 0 Å². The van der Waals surface area contributed by atoms with Gasteiger partial charge in [0.2, 0.25) is 11.8 Å². The zero-order valence-corrected chi connectivity index (χ0v) is 17.1. The Morgan fingerprint density at radius 3 is 2.04 bits per heavy atom. The van der Waals surface area contributed by atoms with Crippen LogP contribution in [0.3, 0.4) is 0 Å². The Morgan fingerprint density at radius 1 is 0.923 bits per heavy atom. The summed E-state index contributed by atoms with van der Waals surface area (Å²) in [6.07, 6.45) is 20.1. The van der Waals surface area contributed by atoms with Crippen molar-refractivity contribution in [3.05, 3.63) is 0 Å². The Morgan fingerprint density at radius 2 is 1.46 bits per heavy atom. The summed E-state index contributed by atoms with van der Waals surface area (Å²) in [5.41, 5.74) is 0. The smallest absolute Gasteiger partial charge is 0.222 e. The van der Waals surface area contributed by atoms with E-state index in [1.807, 2.05) is 0 Å². The largest absolute Gasteiger partial charge is 0.356 e. The van der Waals surface area contributed by atoms with Gasteiger partial charge in [-0.2, -0.15) is 0 Å². The van der Waals surface area contributed by atoms with Gasteiger partial charge in [0.15, 0.2) is 0 Å². The summed E-state index contributed by atoms with van der Waals surface area (Å²) < 4.78 is 0. The van der Waals surface area contributed by atoms with Crippen molar-refractivity contribution >= 4 is 11.8 Å². The molecular formula is C22H42N2O2. The lowest BCUT2D eigenvalue weighted by atomic mass is 10.0. The Kier molecular flexibility index (Phi) is 14.3. The van der Waals surface area contributed by atoms with E-state index in [2.05, 4.69) is 17.6 Å². The second-order valence-corrected chi connectivity index (χ2v) is 7.95. The van der Waals surface area contributed by atoms with E-state index in [1.54, 1.807) is 0 Å². The molecule has 2 amide bonds. The summed E-state index contributed by atoms with van der Waals surface area (Å²) in [6, 6.07) is 0.0342. The average molecular weight is 367 g/mol. The molecular weight excluding hydrogens is 324 g/mol. The van der Waals surface area contributed by atoms with Crippen molar-refractivity contribution in [2.75, 3.05) is 6.54 Å². The first-order valence-corrected chi connectivity index (χ1v) is 11.3. The summed E-state index contributed by atoms with van der Waals surface area (Å²) in [5, 5.41) is 5.89. The number of nitrogens with one attached hydrogen (secondary N) is 2. The van der Waals surface area contributed by atoms with E-state index in [-0.39, 0.29) is 17.9 Å². The Bertz CT molecular complexity index is 371. The molecule has 0 aromatic rings. The van der Waals surface area contributed by atoms with E-state index in [0.717, 1.165) is 32.2 Å². The van der Waals surface area contributed by atoms with Crippen molar-refractivity contribution < 1.29 is 9.59 Å². The molecule has 1 fully saturated rings. The summed E-state index contributed by atoms with van der Waals surface area (Å²) in [4.78, 5) is 23.5. The van der Waals surface area contributed by atoms with Gasteiger partial charge in [-0.05, 0) is 19.3 Å². The first-order chi connectivity index (χ1) is 12.7. The lowest BCUT2D eigenvalue weighted by Crippen LogP contribution is -2.36. The minimum absolute atomic E-state index is 0.0342. The first-order valence-electron chi connectivity index (χ1n) is 11.3. The van der Waals surface area contributed by atoms with Crippen molar-refractivity contribution in [3.63, 3.8) is 0 Å². The van der Waals surface area contributed by atoms with Crippen LogP contribution in [0.15, 0.2) is 0 Å². The van der Waals surface area contributed by atoms with Crippen LogP contribution in [0.5, 0.6) is 0 Å². The number of carbonyl (C=O) groups is 2. The van der Waals surface area contributed by atoms with Gasteiger partial charge in [0.25, 0.3) is 0 Å². The van der Waals surface area contributed by atoms with Crippen LogP contribution in [0.2, 0.25) is 0 Å². The number of unbranched alkanes of at least 4 members (excludes halogenated alkanes) is 12. The van der Waals surface area contributed by atoms with Crippen molar-refractivity contribution in [3.8, 4) is 0 Å². The normalized spacial score (nSPS) is 17.6. The van der Waals surface area contributed by atoms with Gasteiger partial charge in [0.1, 0.15) is 0 Å². The minimum Gasteiger partial charge on any atom is -0.356 e. The summed E-state index contributed by atoms with van der Waals surface area (Å²) in [7, 11) is 0. The van der Waals surface area contributed by atoms with E-state index in [9.17, 15) is 9.59 Å². The van der Waals surface area contributed by atoms with Crippen molar-refractivity contribution in [2.24, 2.45) is 0 Å². The zero-order chi connectivity index (χ0) is 18.9. The summed E-state index contributed by atoms with van der Waals surface area (Å²) in [5.74, 6) is 0.182. The third-order valence-corrected chi connectivity index (χ3v) is 5.36. The monoisotopic (exact) mass is 366 g/mol. The molecule has 1 heterocycles. The maximum absolute atomic E-state index is 12.0. The molecule has 26 heavy (non-hydrogen) atoms. The molecule has 4 heteroatoms. The Labute approximate surface area is 161 Å². The maximum Gasteiger partial charge on any atom is 0.222 e. The van der Waals surface area contributed by atoms with E-state index >= 15 is 0 Å². The van der Waals surface area contributed by atoms with Gasteiger partial charge < -0.3 is 10.6 Å². The summed E-state index contributed by atoms with van der Waals surface area (Å²) in [6.45, 7) is 3.01. The molecule has 0 radical (unpaired) electrons. The second-order valence-electron chi connectivity index (χ2n) is 7.95. The lowest BCUT2D eigenvalue weighted by Gasteiger charge is -2.15. The molecule has 1 aliphatic heterocycles. The summed E-state index contributed by atoms with van der Waals surface area (Å²) >= 11 is 0. The highest BCUT2D eigenvalue weighted by atomic mass is 16.2. The van der Waals surface area contributed by atoms with Gasteiger partial charge in [0, 0.05) is 25.4 Å². The number of rotatable bonds is 15. The van der Waals surface area contributed by atoms with Crippen LogP contribution in [0, 0.1) is 0 Å². The number of carbonyl (C=O) groups excluding carboxylic acids is 2. The molecule has 1 aliphatic rings. The number of hydrogen-bond acceptors (Lipinski definition) is 2. The molecule has 0 unspecified atom stereocenters. The van der Waals surface area contributed by atoms with Crippen molar-refractivity contribution in [1.82, 2.24) is 10.6 Å². The first kappa shape index (κ1) is 23.0. The predicted molar refractivity (Wildman–Crippen MR) is 109 cm³/mol. The SMILES string of the molecule is CCCCCCCCCCCCCCCC(=O)N[C@@H]1CCCNC(=O)C1. The molecule has 0 saturated carbocycles. The average Bonchev–Trinajstić information content (AvgIpc) is 2.82. The van der Waals surface area contributed by atoms with Gasteiger partial charge in [-0.3, -0.25) is 9.59 Å². The molecule has 0 aliphatic carbocycles. The fourth-order valence-electron chi connectivity index (χ4n) is 3.70. The topological polar surface area (TPSA) is 58.2 Å². The number of hydrogen-bond donors (Lipinski definition) is 2. The molecule has 0 spiro atoms. The molecule has 0 aromatic heterocycles. The van der Waals surface area contributed by atoms with E-state index in [0.29, 0.717) is 12.8 Å². The zero-order valence-electron chi connectivity index (χ0n) is 17.1. The van der Waals surface area contributed by atoms with Gasteiger partial charge in [-0.15, -0.1) is 0 Å². The van der Waals surface area contributed by atoms with Gasteiger partial charge in [-0.1, -0.05) is 84.0 Å². The Hall–Kier alpha value is -1.06. The third kappa shape index (κ3) is 13.2. The fourth-order valence-corrected chi connectivity index (χ4v) is 3.70. The van der Waals surface area contributed by atoms with Crippen LogP contribution in [0.1, 0.15) is 116 Å². The minimum atomic E-state index is 0.0342. The highest BCUT2D eigenvalue weighted by molar-refractivity contribution is 5.79. The quantitative estimate of drug-likeness (QED) is 0.389. The standard InChI is InChI=1S/C22H42N2O2/c1-2-3-4-5-6-7-8-9-10-11-12-13-14-17-21(25)24-20-16-15-18-23-22(26)19-20/h20H,2-19H2,1H3,(H,23,26)(H,24,25)/t20-/m1/s1. The maximum atomic E-state index is 12.0. The third-order valence-electron chi connectivity index (χ3n) is 5.36. The Balaban J connectivity index is 1.85. The van der Waals surface area contributed by atoms with Gasteiger partial charge >= 0.3 is 0 Å². The van der Waals surface area contributed by atoms with Gasteiger partial charge in [-0.25, -0.2) is 0 Å². The van der Waals surface area contributed by atoms with Crippen LogP contribution >= 0.6 is 0 Å². The molecule has 4 nitrogen and oxygen atoms in total. The molecule has 0 aromatic carbocycles. The van der Waals surface area contributed by atoms with Crippen molar-refractivity contribution in [1.29, 1.82) is 0 Å². The fraction of sp³-hybridized carbons (Fsp3) is 0.909. The number of amides is 2. The van der Waals surface area contributed by atoms with E-state index < -0.39 is 0 Å². The molecule has 1 rings (SSSR count). The molecule has 2 N–H and O–H groups in total. The van der Waals surface area contributed by atoms with E-state index in [4.69, 9.17) is 0 Å². The van der Waals surface area contributed by atoms with E-state index in [1.165, 1.54) is 70.6 Å². The van der Waals surface area contributed by atoms with Crippen LogP contribution < -0.4 is 10.6 Å².